The summed E-state index contributed by atoms with van der Waals surface area (Å²) < 4.78 is 4.17. The highest BCUT2D eigenvalue weighted by molar-refractivity contribution is 14.1. The maximum atomic E-state index is 14.2. The highest BCUT2D eigenvalue weighted by Gasteiger charge is 2.47. The summed E-state index contributed by atoms with van der Waals surface area (Å²) in [5.74, 6) is 0.833. The first-order valence-corrected chi connectivity index (χ1v) is 18.9. The van der Waals surface area contributed by atoms with Gasteiger partial charge < -0.3 is 9.80 Å². The zero-order valence-electron chi connectivity index (χ0n) is 22.3. The summed E-state index contributed by atoms with van der Waals surface area (Å²) in [6.45, 7) is 10.2. The highest BCUT2D eigenvalue weighted by Crippen LogP contribution is 2.57. The molecule has 0 bridgehead atoms. The molecule has 0 fully saturated rings. The summed E-state index contributed by atoms with van der Waals surface area (Å²) in [7, 11) is 0. The van der Waals surface area contributed by atoms with E-state index >= 15 is 0 Å². The molecule has 38 heavy (non-hydrogen) atoms. The predicted octanol–water partition coefficient (Wildman–Crippen LogP) is 10.6. The molecule has 2 amide bonds. The van der Waals surface area contributed by atoms with Gasteiger partial charge in [-0.05, 0) is 102 Å². The van der Waals surface area contributed by atoms with Crippen LogP contribution in [0.3, 0.4) is 0 Å². The van der Waals surface area contributed by atoms with Crippen molar-refractivity contribution in [2.75, 3.05) is 22.9 Å². The molecule has 2 aliphatic rings. The number of fused-ring (bicyclic) bond motifs is 2. The second kappa shape index (κ2) is 13.6. The Labute approximate surface area is 278 Å². The van der Waals surface area contributed by atoms with E-state index in [4.69, 9.17) is 0 Å². The van der Waals surface area contributed by atoms with Crippen LogP contribution in [0, 0.1) is 17.6 Å². The van der Waals surface area contributed by atoms with Gasteiger partial charge >= 0.3 is 0 Å². The molecule has 10 heteroatoms. The van der Waals surface area contributed by atoms with Crippen molar-refractivity contribution < 1.29 is 9.59 Å². The third kappa shape index (κ3) is 5.87. The van der Waals surface area contributed by atoms with Gasteiger partial charge in [-0.3, -0.25) is 9.59 Å². The molecule has 2 aliphatic heterocycles. The van der Waals surface area contributed by atoms with Gasteiger partial charge in [-0.2, -0.15) is 0 Å². The Bertz CT molecular complexity index is 1160. The van der Waals surface area contributed by atoms with Crippen molar-refractivity contribution in [3.8, 4) is 0 Å². The molecule has 0 aromatic carbocycles. The van der Waals surface area contributed by atoms with Crippen molar-refractivity contribution in [3.63, 3.8) is 0 Å². The van der Waals surface area contributed by atoms with Gasteiger partial charge in [-0.1, -0.05) is 66.2 Å². The lowest BCUT2D eigenvalue weighted by Gasteiger charge is -2.24. The van der Waals surface area contributed by atoms with E-state index in [2.05, 4.69) is 105 Å². The fourth-order valence-electron chi connectivity index (χ4n) is 5.38. The third-order valence-electron chi connectivity index (χ3n) is 7.70. The van der Waals surface area contributed by atoms with E-state index in [1.807, 2.05) is 9.80 Å². The number of halogens is 4. The summed E-state index contributed by atoms with van der Waals surface area (Å²) in [6, 6.07) is 0. The van der Waals surface area contributed by atoms with E-state index in [1.165, 1.54) is 12.8 Å². The summed E-state index contributed by atoms with van der Waals surface area (Å²) in [5, 5.41) is 0. The molecule has 4 heterocycles. The quantitative estimate of drug-likeness (QED) is 0.157. The fraction of sp³-hybridized carbons (Fsp3) is 0.571. The highest BCUT2D eigenvalue weighted by atomic mass is 127. The van der Waals surface area contributed by atoms with E-state index < -0.39 is 0 Å². The van der Waals surface area contributed by atoms with Gasteiger partial charge in [0.05, 0.1) is 47.0 Å². The standard InChI is InChI=1S/C28H34Br2I2N2O2S2/c1-5-9-11-15(7-3)13-33-21-19(29)25(31)37-23(21)17(27(33)35)18-24-22(20(30)26(32)38-24)34(28(18)36)14-16(8-4)12-10-6-2/h15-16H,5-14H2,1-4H3/b18-17+. The second-order valence-corrected chi connectivity index (χ2v) is 17.4. The maximum Gasteiger partial charge on any atom is 0.260 e. The molecule has 0 N–H and O–H groups in total. The number of thiophene rings is 2. The molecule has 0 saturated carbocycles. The molecule has 2 aromatic rings. The van der Waals surface area contributed by atoms with E-state index in [0.717, 1.165) is 74.4 Å². The van der Waals surface area contributed by atoms with E-state index in [0.29, 0.717) is 36.1 Å². The summed E-state index contributed by atoms with van der Waals surface area (Å²) >= 11 is 15.5. The number of anilines is 2. The molecule has 4 rings (SSSR count). The number of carbonyl (C=O) groups excluding carboxylic acids is 2. The van der Waals surface area contributed by atoms with Crippen molar-refractivity contribution in [1.29, 1.82) is 0 Å². The lowest BCUT2D eigenvalue weighted by Crippen LogP contribution is -2.34. The van der Waals surface area contributed by atoms with Crippen LogP contribution in [-0.2, 0) is 9.59 Å². The molecule has 2 atom stereocenters. The van der Waals surface area contributed by atoms with Crippen LogP contribution in [0.4, 0.5) is 11.4 Å². The number of unbranched alkanes of at least 4 members (excludes halogenated alkanes) is 2. The molecular formula is C28H34Br2I2N2O2S2. The summed E-state index contributed by atoms with van der Waals surface area (Å²) in [4.78, 5) is 34.3. The summed E-state index contributed by atoms with van der Waals surface area (Å²) in [5.41, 5.74) is 3.10. The van der Waals surface area contributed by atoms with Gasteiger partial charge in [-0.25, -0.2) is 0 Å². The Kier molecular flexibility index (Phi) is 11.3. The molecule has 0 spiro atoms. The Hall–Kier alpha value is 0.500. The molecule has 208 valence electrons. The number of rotatable bonds is 12. The van der Waals surface area contributed by atoms with Crippen LogP contribution in [0.1, 0.15) is 88.8 Å². The largest absolute Gasteiger partial charge is 0.305 e. The number of amides is 2. The van der Waals surface area contributed by atoms with Crippen LogP contribution < -0.4 is 9.80 Å². The van der Waals surface area contributed by atoms with Crippen molar-refractivity contribution in [3.05, 3.63) is 24.5 Å². The van der Waals surface area contributed by atoms with Crippen LogP contribution in [0.15, 0.2) is 8.95 Å². The van der Waals surface area contributed by atoms with Crippen molar-refractivity contribution in [2.24, 2.45) is 11.8 Å². The van der Waals surface area contributed by atoms with Crippen molar-refractivity contribution >= 4 is 134 Å². The van der Waals surface area contributed by atoms with Gasteiger partial charge in [0, 0.05) is 13.1 Å². The van der Waals surface area contributed by atoms with Crippen LogP contribution in [0.5, 0.6) is 0 Å². The monoisotopic (exact) mass is 906 g/mol. The Morgan fingerprint density at radius 3 is 1.39 bits per heavy atom. The number of hydrogen-bond donors (Lipinski definition) is 0. The van der Waals surface area contributed by atoms with Gasteiger partial charge in [0.25, 0.3) is 11.8 Å². The maximum absolute atomic E-state index is 14.2. The lowest BCUT2D eigenvalue weighted by molar-refractivity contribution is -0.114. The Morgan fingerprint density at radius 1 is 0.711 bits per heavy atom. The molecule has 2 aromatic heterocycles. The number of hydrogen-bond acceptors (Lipinski definition) is 4. The zero-order chi connectivity index (χ0) is 27.7. The Balaban J connectivity index is 1.83. The number of nitrogens with zero attached hydrogens (tertiary/aromatic N) is 2. The average Bonchev–Trinajstić information content (AvgIpc) is 3.53. The zero-order valence-corrected chi connectivity index (χ0v) is 31.4. The minimum Gasteiger partial charge on any atom is -0.305 e. The van der Waals surface area contributed by atoms with Gasteiger partial charge in [0.1, 0.15) is 0 Å². The molecule has 2 unspecified atom stereocenters. The second-order valence-electron chi connectivity index (χ2n) is 10.1. The first-order valence-electron chi connectivity index (χ1n) is 13.5. The predicted molar refractivity (Wildman–Crippen MR) is 188 cm³/mol. The van der Waals surface area contributed by atoms with Crippen LogP contribution in [0.25, 0.3) is 11.1 Å². The molecule has 0 saturated heterocycles. The number of carbonyl (C=O) groups is 2. The molecule has 4 nitrogen and oxygen atoms in total. The Morgan fingerprint density at radius 2 is 1.08 bits per heavy atom. The molecular weight excluding hydrogens is 874 g/mol. The normalized spacial score (nSPS) is 18.5. The first-order chi connectivity index (χ1) is 18.2. The fourth-order valence-corrected chi connectivity index (χ4v) is 10.7. The van der Waals surface area contributed by atoms with E-state index in [9.17, 15) is 9.59 Å². The van der Waals surface area contributed by atoms with Crippen molar-refractivity contribution in [2.45, 2.75) is 79.1 Å². The van der Waals surface area contributed by atoms with Crippen LogP contribution >= 0.6 is 99.7 Å². The van der Waals surface area contributed by atoms with E-state index in [-0.39, 0.29) is 11.8 Å². The van der Waals surface area contributed by atoms with E-state index in [1.54, 1.807) is 22.7 Å². The molecule has 0 aliphatic carbocycles. The van der Waals surface area contributed by atoms with Crippen LogP contribution in [0.2, 0.25) is 0 Å². The molecule has 0 radical (unpaired) electrons. The SMILES string of the molecule is CCCCC(CC)CN1C(=O)/C(=C2/C(=O)N(CC(CC)CCCC)c3c2sc(I)c3Br)c2sc(I)c(Br)c21. The lowest BCUT2D eigenvalue weighted by atomic mass is 9.98. The van der Waals surface area contributed by atoms with Gasteiger partial charge in [-0.15, -0.1) is 22.7 Å². The van der Waals surface area contributed by atoms with Crippen LogP contribution in [-0.4, -0.2) is 24.9 Å². The average molecular weight is 908 g/mol. The minimum atomic E-state index is -0.0213. The topological polar surface area (TPSA) is 40.6 Å². The smallest absolute Gasteiger partial charge is 0.260 e. The van der Waals surface area contributed by atoms with Crippen molar-refractivity contribution in [1.82, 2.24) is 0 Å². The third-order valence-corrected chi connectivity index (χ3v) is 15.6. The summed E-state index contributed by atoms with van der Waals surface area (Å²) in [6.07, 6.45) is 8.93. The van der Waals surface area contributed by atoms with Gasteiger partial charge in [0.2, 0.25) is 0 Å². The van der Waals surface area contributed by atoms with Gasteiger partial charge in [0.15, 0.2) is 0 Å². The first kappa shape index (κ1) is 31.4. The minimum absolute atomic E-state index is 0.0213.